The number of nitrogens with zero attached hydrogens (tertiary/aromatic N) is 3. The summed E-state index contributed by atoms with van der Waals surface area (Å²) < 4.78 is 0. The standard InChI is InChI=1S/C18H13N3O3/c1-12-18(20-16-8-3-2-7-15(16)19-12)17(22)10-9-13-5-4-6-14(11-13)21(23)24/h2-11H,1H3/b10-9+. The number of nitro groups is 1. The van der Waals surface area contributed by atoms with Gasteiger partial charge < -0.3 is 0 Å². The molecular weight excluding hydrogens is 306 g/mol. The lowest BCUT2D eigenvalue weighted by molar-refractivity contribution is -0.384. The summed E-state index contributed by atoms with van der Waals surface area (Å²) in [5.74, 6) is -0.294. The van der Waals surface area contributed by atoms with Crippen molar-refractivity contribution in [1.82, 2.24) is 9.97 Å². The van der Waals surface area contributed by atoms with Gasteiger partial charge in [0.25, 0.3) is 5.69 Å². The average molecular weight is 319 g/mol. The predicted molar refractivity (Wildman–Crippen MR) is 90.7 cm³/mol. The molecule has 0 amide bonds. The molecule has 0 N–H and O–H groups in total. The number of ketones is 1. The van der Waals surface area contributed by atoms with Gasteiger partial charge >= 0.3 is 0 Å². The van der Waals surface area contributed by atoms with Crippen LogP contribution < -0.4 is 0 Å². The van der Waals surface area contributed by atoms with E-state index in [0.29, 0.717) is 16.8 Å². The van der Waals surface area contributed by atoms with Crippen molar-refractivity contribution < 1.29 is 9.72 Å². The van der Waals surface area contributed by atoms with Crippen molar-refractivity contribution in [3.05, 3.63) is 81.7 Å². The Hall–Kier alpha value is -3.41. The highest BCUT2D eigenvalue weighted by atomic mass is 16.6. The Morgan fingerprint density at radius 3 is 2.50 bits per heavy atom. The fourth-order valence-electron chi connectivity index (χ4n) is 2.31. The van der Waals surface area contributed by atoms with Gasteiger partial charge in [0, 0.05) is 12.1 Å². The highest BCUT2D eigenvalue weighted by molar-refractivity contribution is 6.07. The maximum Gasteiger partial charge on any atom is 0.270 e. The van der Waals surface area contributed by atoms with Crippen molar-refractivity contribution in [2.45, 2.75) is 6.92 Å². The summed E-state index contributed by atoms with van der Waals surface area (Å²) >= 11 is 0. The van der Waals surface area contributed by atoms with Gasteiger partial charge in [-0.25, -0.2) is 9.97 Å². The number of non-ortho nitro benzene ring substituents is 1. The molecule has 0 bridgehead atoms. The van der Waals surface area contributed by atoms with E-state index in [2.05, 4.69) is 9.97 Å². The van der Waals surface area contributed by atoms with Gasteiger partial charge in [-0.05, 0) is 30.7 Å². The van der Waals surface area contributed by atoms with Gasteiger partial charge in [0.15, 0.2) is 0 Å². The third-order valence-corrected chi connectivity index (χ3v) is 3.49. The Morgan fingerprint density at radius 1 is 1.08 bits per heavy atom. The second-order valence-electron chi connectivity index (χ2n) is 5.20. The van der Waals surface area contributed by atoms with Crippen LogP contribution in [-0.2, 0) is 0 Å². The molecule has 1 heterocycles. The Kier molecular flexibility index (Phi) is 4.11. The monoisotopic (exact) mass is 319 g/mol. The number of aryl methyl sites for hydroxylation is 1. The number of rotatable bonds is 4. The normalized spacial score (nSPS) is 11.0. The van der Waals surface area contributed by atoms with Gasteiger partial charge in [-0.1, -0.05) is 30.3 Å². The molecule has 0 unspecified atom stereocenters. The van der Waals surface area contributed by atoms with Crippen LogP contribution in [-0.4, -0.2) is 20.7 Å². The molecule has 3 aromatic rings. The van der Waals surface area contributed by atoms with E-state index in [4.69, 9.17) is 0 Å². The molecule has 118 valence electrons. The molecule has 2 aromatic carbocycles. The minimum absolute atomic E-state index is 0.0220. The number of carbonyl (C=O) groups is 1. The minimum Gasteiger partial charge on any atom is -0.287 e. The molecule has 6 heteroatoms. The Bertz CT molecular complexity index is 980. The average Bonchev–Trinajstić information content (AvgIpc) is 2.59. The van der Waals surface area contributed by atoms with Gasteiger partial charge in [-0.15, -0.1) is 0 Å². The van der Waals surface area contributed by atoms with E-state index in [1.165, 1.54) is 24.3 Å². The minimum atomic E-state index is -0.474. The Balaban J connectivity index is 1.91. The van der Waals surface area contributed by atoms with Crippen molar-refractivity contribution in [3.8, 4) is 0 Å². The van der Waals surface area contributed by atoms with Crippen LogP contribution >= 0.6 is 0 Å². The smallest absolute Gasteiger partial charge is 0.270 e. The van der Waals surface area contributed by atoms with Gasteiger partial charge in [-0.3, -0.25) is 14.9 Å². The van der Waals surface area contributed by atoms with Crippen molar-refractivity contribution in [2.24, 2.45) is 0 Å². The molecule has 0 saturated heterocycles. The maximum atomic E-state index is 12.4. The van der Waals surface area contributed by atoms with Crippen molar-refractivity contribution in [3.63, 3.8) is 0 Å². The lowest BCUT2D eigenvalue weighted by Gasteiger charge is -2.03. The number of aromatic nitrogens is 2. The van der Waals surface area contributed by atoms with E-state index in [1.54, 1.807) is 25.1 Å². The van der Waals surface area contributed by atoms with Gasteiger partial charge in [-0.2, -0.15) is 0 Å². The van der Waals surface area contributed by atoms with E-state index in [9.17, 15) is 14.9 Å². The molecule has 6 nitrogen and oxygen atoms in total. The van der Waals surface area contributed by atoms with Crippen LogP contribution in [0.15, 0.2) is 54.6 Å². The third kappa shape index (κ3) is 3.17. The van der Waals surface area contributed by atoms with Crippen LogP contribution in [0.5, 0.6) is 0 Å². The van der Waals surface area contributed by atoms with E-state index >= 15 is 0 Å². The second-order valence-corrected chi connectivity index (χ2v) is 5.20. The highest BCUT2D eigenvalue weighted by Crippen LogP contribution is 2.16. The van der Waals surface area contributed by atoms with Crippen LogP contribution in [0.4, 0.5) is 5.69 Å². The largest absolute Gasteiger partial charge is 0.287 e. The molecule has 0 atom stereocenters. The van der Waals surface area contributed by atoms with Crippen LogP contribution in [0.2, 0.25) is 0 Å². The summed E-state index contributed by atoms with van der Waals surface area (Å²) in [4.78, 5) is 31.4. The molecule has 0 aliphatic rings. The molecule has 0 spiro atoms. The number of hydrogen-bond donors (Lipinski definition) is 0. The maximum absolute atomic E-state index is 12.4. The second kappa shape index (κ2) is 6.37. The highest BCUT2D eigenvalue weighted by Gasteiger charge is 2.11. The summed E-state index contributed by atoms with van der Waals surface area (Å²) in [5, 5.41) is 10.8. The van der Waals surface area contributed by atoms with Crippen LogP contribution in [0.1, 0.15) is 21.7 Å². The zero-order valence-corrected chi connectivity index (χ0v) is 12.8. The van der Waals surface area contributed by atoms with Crippen LogP contribution in [0.3, 0.4) is 0 Å². The zero-order valence-electron chi connectivity index (χ0n) is 12.8. The topological polar surface area (TPSA) is 86.0 Å². The van der Waals surface area contributed by atoms with E-state index < -0.39 is 4.92 Å². The number of fused-ring (bicyclic) bond motifs is 1. The van der Waals surface area contributed by atoms with E-state index in [0.717, 1.165) is 5.52 Å². The molecule has 0 saturated carbocycles. The Morgan fingerprint density at radius 2 is 1.79 bits per heavy atom. The number of benzene rings is 2. The summed E-state index contributed by atoms with van der Waals surface area (Å²) in [6, 6.07) is 13.4. The summed E-state index contributed by atoms with van der Waals surface area (Å²) in [5.41, 5.74) is 2.75. The Labute approximate surface area is 137 Å². The number of hydrogen-bond acceptors (Lipinski definition) is 5. The first-order valence-electron chi connectivity index (χ1n) is 7.25. The summed E-state index contributed by atoms with van der Waals surface area (Å²) in [7, 11) is 0. The third-order valence-electron chi connectivity index (χ3n) is 3.49. The SMILES string of the molecule is Cc1nc2ccccc2nc1C(=O)/C=C/c1cccc([N+](=O)[O-])c1. The number of allylic oxidation sites excluding steroid dienone is 1. The fourth-order valence-corrected chi connectivity index (χ4v) is 2.31. The van der Waals surface area contributed by atoms with Gasteiger partial charge in [0.1, 0.15) is 5.69 Å². The lowest BCUT2D eigenvalue weighted by atomic mass is 10.1. The van der Waals surface area contributed by atoms with Gasteiger partial charge in [0.05, 0.1) is 21.7 Å². The van der Waals surface area contributed by atoms with E-state index in [1.807, 2.05) is 18.2 Å². The quantitative estimate of drug-likeness (QED) is 0.316. The van der Waals surface area contributed by atoms with Crippen LogP contribution in [0.25, 0.3) is 17.1 Å². The summed E-state index contributed by atoms with van der Waals surface area (Å²) in [6.45, 7) is 1.73. The first-order valence-corrected chi connectivity index (χ1v) is 7.25. The molecule has 0 radical (unpaired) electrons. The molecule has 0 aliphatic carbocycles. The molecular formula is C18H13N3O3. The first kappa shape index (κ1) is 15.5. The predicted octanol–water partition coefficient (Wildman–Crippen LogP) is 3.74. The molecule has 24 heavy (non-hydrogen) atoms. The molecule has 3 rings (SSSR count). The molecule has 1 aromatic heterocycles. The number of para-hydroxylation sites is 2. The van der Waals surface area contributed by atoms with Crippen molar-refractivity contribution in [1.29, 1.82) is 0 Å². The molecule has 0 aliphatic heterocycles. The lowest BCUT2D eigenvalue weighted by Crippen LogP contribution is -2.04. The first-order chi connectivity index (χ1) is 11.5. The molecule has 0 fully saturated rings. The summed E-state index contributed by atoms with van der Waals surface area (Å²) in [6.07, 6.45) is 2.89. The van der Waals surface area contributed by atoms with Crippen molar-refractivity contribution >= 4 is 28.6 Å². The number of nitro benzene ring substituents is 1. The number of carbonyl (C=O) groups excluding carboxylic acids is 1. The fraction of sp³-hybridized carbons (Fsp3) is 0.0556. The van der Waals surface area contributed by atoms with Gasteiger partial charge in [0.2, 0.25) is 5.78 Å². The van der Waals surface area contributed by atoms with E-state index in [-0.39, 0.29) is 17.2 Å². The van der Waals surface area contributed by atoms with Crippen LogP contribution in [0, 0.1) is 17.0 Å². The van der Waals surface area contributed by atoms with Crippen molar-refractivity contribution in [2.75, 3.05) is 0 Å². The zero-order chi connectivity index (χ0) is 17.1.